The third-order valence-corrected chi connectivity index (χ3v) is 3.84. The number of anilines is 1. The first kappa shape index (κ1) is 13.4. The summed E-state index contributed by atoms with van der Waals surface area (Å²) in [4.78, 5) is 5.54. The van der Waals surface area contributed by atoms with Crippen molar-refractivity contribution in [1.29, 1.82) is 0 Å². The number of nitrogens with zero attached hydrogens (tertiary/aromatic N) is 3. The van der Waals surface area contributed by atoms with Gasteiger partial charge in [-0.2, -0.15) is 42.1 Å². The molecule has 0 N–H and O–H groups in total. The van der Waals surface area contributed by atoms with Crippen LogP contribution in [-0.2, 0) is 20.1 Å². The molecule has 0 amide bonds. The molecule has 99 valence electrons. The van der Waals surface area contributed by atoms with E-state index in [1.54, 1.807) is 0 Å². The second-order valence-electron chi connectivity index (χ2n) is 4.27. The van der Waals surface area contributed by atoms with Crippen molar-refractivity contribution in [3.8, 4) is 11.1 Å². The van der Waals surface area contributed by atoms with Crippen molar-refractivity contribution in [3.63, 3.8) is 0 Å². The molecule has 0 fully saturated rings. The number of hydrogen-bond donors (Lipinski definition) is 0. The van der Waals surface area contributed by atoms with Gasteiger partial charge in [0.1, 0.15) is 5.84 Å². The summed E-state index contributed by atoms with van der Waals surface area (Å²) in [6.45, 7) is 7.15. The zero-order chi connectivity index (χ0) is 12.8. The summed E-state index contributed by atoms with van der Waals surface area (Å²) in [5.74, 6) is 2.86. The fourth-order valence-corrected chi connectivity index (χ4v) is 3.05. The normalized spacial score (nSPS) is 14.3. The topological polar surface area (TPSA) is 20.0 Å². The molecular formula is C15H7IrN3S-2. The molecule has 0 spiro atoms. The molecule has 2 aromatic carbocycles. The third kappa shape index (κ3) is 1.81. The Kier molecular flexibility index (Phi) is 3.39. The summed E-state index contributed by atoms with van der Waals surface area (Å²) in [7, 11) is 0. The molecule has 0 aliphatic carbocycles. The number of rotatable bonds is 0. The van der Waals surface area contributed by atoms with Crippen LogP contribution >= 0.6 is 11.9 Å². The van der Waals surface area contributed by atoms with Gasteiger partial charge in [0.25, 0.3) is 0 Å². The van der Waals surface area contributed by atoms with Gasteiger partial charge in [-0.25, -0.2) is 9.24 Å². The van der Waals surface area contributed by atoms with E-state index in [1.165, 1.54) is 11.9 Å². The molecule has 0 saturated carbocycles. The summed E-state index contributed by atoms with van der Waals surface area (Å²) in [5.41, 5.74) is 4.93. The SMILES string of the molecule is [C-]#[N+]c1ccc2c(c1)C1=NS[CH-]N1c1[c-]cccc1-2.[Ir]. The van der Waals surface area contributed by atoms with E-state index in [0.29, 0.717) is 5.69 Å². The Bertz CT molecular complexity index is 764. The van der Waals surface area contributed by atoms with E-state index in [0.717, 1.165) is 28.2 Å². The molecule has 2 aliphatic heterocycles. The number of para-hydroxylation sites is 1. The van der Waals surface area contributed by atoms with Gasteiger partial charge in [-0.1, -0.05) is 23.4 Å². The molecule has 20 heavy (non-hydrogen) atoms. The van der Waals surface area contributed by atoms with Gasteiger partial charge in [-0.15, -0.1) is 5.56 Å². The Morgan fingerprint density at radius 3 is 3.00 bits per heavy atom. The Morgan fingerprint density at radius 2 is 2.15 bits per heavy atom. The summed E-state index contributed by atoms with van der Waals surface area (Å²) < 4.78 is 4.45. The van der Waals surface area contributed by atoms with Crippen molar-refractivity contribution in [2.45, 2.75) is 0 Å². The van der Waals surface area contributed by atoms with Crippen molar-refractivity contribution in [3.05, 3.63) is 65.3 Å². The molecule has 0 bridgehead atoms. The van der Waals surface area contributed by atoms with Crippen LogP contribution in [0.5, 0.6) is 0 Å². The maximum atomic E-state index is 7.15. The van der Waals surface area contributed by atoms with E-state index in [4.69, 9.17) is 6.57 Å². The van der Waals surface area contributed by atoms with Gasteiger partial charge in [-0.05, 0) is 6.07 Å². The van der Waals surface area contributed by atoms with Crippen LogP contribution in [0.15, 0.2) is 40.8 Å². The second kappa shape index (κ2) is 5.06. The maximum Gasteiger partial charge on any atom is 0.187 e. The van der Waals surface area contributed by atoms with Crippen molar-refractivity contribution in [2.24, 2.45) is 4.40 Å². The molecule has 0 saturated heterocycles. The van der Waals surface area contributed by atoms with Gasteiger partial charge in [-0.3, -0.25) is 0 Å². The van der Waals surface area contributed by atoms with E-state index >= 15 is 0 Å². The fraction of sp³-hybridized carbons (Fsp3) is 0. The van der Waals surface area contributed by atoms with Crippen LogP contribution in [0.3, 0.4) is 0 Å². The average Bonchev–Trinajstić information content (AvgIpc) is 2.97. The molecule has 2 aromatic rings. The molecule has 0 aromatic heterocycles. The Balaban J connectivity index is 0.00000121. The number of hydrogen-bond acceptors (Lipinski definition) is 3. The van der Waals surface area contributed by atoms with Crippen LogP contribution in [0, 0.1) is 18.5 Å². The van der Waals surface area contributed by atoms with Crippen LogP contribution in [0.2, 0.25) is 0 Å². The van der Waals surface area contributed by atoms with Gasteiger partial charge >= 0.3 is 0 Å². The van der Waals surface area contributed by atoms with Gasteiger partial charge in [0, 0.05) is 25.7 Å². The summed E-state index contributed by atoms with van der Waals surface area (Å²) in [6.07, 6.45) is 0. The predicted molar refractivity (Wildman–Crippen MR) is 77.9 cm³/mol. The van der Waals surface area contributed by atoms with Gasteiger partial charge < -0.3 is 4.90 Å². The van der Waals surface area contributed by atoms with E-state index in [1.807, 2.05) is 41.1 Å². The fourth-order valence-electron chi connectivity index (χ4n) is 2.42. The second-order valence-corrected chi connectivity index (χ2v) is 4.87. The van der Waals surface area contributed by atoms with Gasteiger partial charge in [0.15, 0.2) is 5.69 Å². The minimum absolute atomic E-state index is 0. The zero-order valence-corrected chi connectivity index (χ0v) is 13.3. The largest absolute Gasteiger partial charge is 0.486 e. The van der Waals surface area contributed by atoms with E-state index < -0.39 is 0 Å². The summed E-state index contributed by atoms with van der Waals surface area (Å²) >= 11 is 1.41. The van der Waals surface area contributed by atoms with E-state index in [-0.39, 0.29) is 20.1 Å². The molecule has 0 unspecified atom stereocenters. The molecule has 2 heterocycles. The molecule has 4 rings (SSSR count). The van der Waals surface area contributed by atoms with Crippen LogP contribution in [-0.4, -0.2) is 5.84 Å². The van der Waals surface area contributed by atoms with Crippen molar-refractivity contribution in [1.82, 2.24) is 0 Å². The number of benzene rings is 2. The van der Waals surface area contributed by atoms with Crippen molar-refractivity contribution < 1.29 is 20.1 Å². The van der Waals surface area contributed by atoms with E-state index in [2.05, 4.69) is 21.4 Å². The Morgan fingerprint density at radius 1 is 1.25 bits per heavy atom. The molecule has 5 heteroatoms. The number of amidine groups is 1. The smallest absolute Gasteiger partial charge is 0.187 e. The monoisotopic (exact) mass is 454 g/mol. The van der Waals surface area contributed by atoms with Crippen LogP contribution in [0.25, 0.3) is 16.0 Å². The molecular weight excluding hydrogens is 446 g/mol. The zero-order valence-electron chi connectivity index (χ0n) is 10.1. The maximum absolute atomic E-state index is 7.15. The van der Waals surface area contributed by atoms with Gasteiger partial charge in [0.2, 0.25) is 0 Å². The van der Waals surface area contributed by atoms with Crippen LogP contribution < -0.4 is 4.90 Å². The van der Waals surface area contributed by atoms with Crippen LogP contribution in [0.1, 0.15) is 5.56 Å². The molecule has 1 radical (unpaired) electrons. The minimum Gasteiger partial charge on any atom is -0.486 e. The standard InChI is InChI=1S/C15H7N3S.Ir/c1-16-10-6-7-11-12-4-2-3-5-14(12)18-9-19-17-15(18)13(11)8-10;/h2-4,6-9H;/q-2;. The van der Waals surface area contributed by atoms with Crippen LogP contribution in [0.4, 0.5) is 11.4 Å². The summed E-state index contributed by atoms with van der Waals surface area (Å²) in [5, 5.41) is 0. The first-order valence-corrected chi connectivity index (χ1v) is 6.61. The minimum atomic E-state index is 0. The Hall–Kier alpha value is -1.60. The quantitative estimate of drug-likeness (QED) is 0.443. The molecule has 3 nitrogen and oxygen atoms in total. The van der Waals surface area contributed by atoms with Crippen molar-refractivity contribution >= 4 is 29.2 Å². The molecule has 2 aliphatic rings. The van der Waals surface area contributed by atoms with Crippen molar-refractivity contribution in [2.75, 3.05) is 4.90 Å². The first-order chi connectivity index (χ1) is 9.38. The third-order valence-electron chi connectivity index (χ3n) is 3.26. The average molecular weight is 454 g/mol. The first-order valence-electron chi connectivity index (χ1n) is 5.78. The van der Waals surface area contributed by atoms with Gasteiger partial charge in [0.05, 0.1) is 6.57 Å². The predicted octanol–water partition coefficient (Wildman–Crippen LogP) is 4.05. The van der Waals surface area contributed by atoms with E-state index in [9.17, 15) is 0 Å². The summed E-state index contributed by atoms with van der Waals surface area (Å²) in [6, 6.07) is 15.0. The number of fused-ring (bicyclic) bond motifs is 6. The Labute approximate surface area is 135 Å². The molecule has 0 atom stereocenters.